The Kier molecular flexibility index (Phi) is 5.88. The van der Waals surface area contributed by atoms with Gasteiger partial charge in [-0.25, -0.2) is 9.34 Å². The topological polar surface area (TPSA) is 55.3 Å². The summed E-state index contributed by atoms with van der Waals surface area (Å²) in [6.45, 7) is 2.63. The zero-order valence-corrected chi connectivity index (χ0v) is 15.9. The first kappa shape index (κ1) is 17.4. The van der Waals surface area contributed by atoms with E-state index in [4.69, 9.17) is 16.9 Å². The van der Waals surface area contributed by atoms with Gasteiger partial charge in [-0.3, -0.25) is 4.79 Å². The Balaban J connectivity index is 0.00000161. The number of nitrogens with one attached hydrogen (secondary N) is 1. The predicted molar refractivity (Wildman–Crippen MR) is 89.2 cm³/mol. The van der Waals surface area contributed by atoms with Crippen molar-refractivity contribution in [2.75, 3.05) is 31.3 Å². The minimum Gasteiger partial charge on any atom is -0.481 e. The summed E-state index contributed by atoms with van der Waals surface area (Å²) in [7, 11) is 0. The standard InChI is InChI=1S/C13H18N3O2PS.Na/c17-13(18)6-3-11-1-4-12(5-2-11)14-19(20,15-7-8-15)16-9-10-16;/h1-2,4-5H,3,6-10H2,(H,14,20)(H,17,18);. The number of anilines is 1. The number of aliphatic carboxylic acids is 1. The van der Waals surface area contributed by atoms with E-state index in [1.807, 2.05) is 24.3 Å². The number of hydrogen-bond donors (Lipinski definition) is 2. The number of aryl methyl sites for hydroxylation is 1. The summed E-state index contributed by atoms with van der Waals surface area (Å²) in [6, 6.07) is 7.97. The van der Waals surface area contributed by atoms with Crippen molar-refractivity contribution in [1.82, 2.24) is 9.34 Å². The van der Waals surface area contributed by atoms with Crippen LogP contribution in [0.5, 0.6) is 0 Å². The van der Waals surface area contributed by atoms with Gasteiger partial charge in [0.1, 0.15) is 0 Å². The first-order valence-electron chi connectivity index (χ1n) is 6.78. The fourth-order valence-corrected chi connectivity index (χ4v) is 5.80. The predicted octanol–water partition coefficient (Wildman–Crippen LogP) is 1.59. The molecule has 5 nitrogen and oxygen atoms in total. The maximum Gasteiger partial charge on any atom is 0.303 e. The smallest absolute Gasteiger partial charge is 0.303 e. The van der Waals surface area contributed by atoms with Crippen molar-refractivity contribution in [3.05, 3.63) is 29.8 Å². The van der Waals surface area contributed by atoms with Gasteiger partial charge in [-0.1, -0.05) is 12.1 Å². The molecule has 2 aliphatic heterocycles. The Morgan fingerprint density at radius 2 is 1.71 bits per heavy atom. The zero-order valence-electron chi connectivity index (χ0n) is 12.2. The molecule has 21 heavy (non-hydrogen) atoms. The van der Waals surface area contributed by atoms with Crippen LogP contribution in [-0.2, 0) is 23.0 Å². The second kappa shape index (κ2) is 7.09. The van der Waals surface area contributed by atoms with Crippen LogP contribution in [0.3, 0.4) is 0 Å². The number of rotatable bonds is 7. The molecule has 0 aliphatic carbocycles. The van der Waals surface area contributed by atoms with Crippen LogP contribution in [0.2, 0.25) is 0 Å². The Morgan fingerprint density at radius 1 is 1.19 bits per heavy atom. The molecule has 109 valence electrons. The van der Waals surface area contributed by atoms with E-state index in [-0.39, 0.29) is 36.0 Å². The van der Waals surface area contributed by atoms with Gasteiger partial charge >= 0.3 is 5.97 Å². The van der Waals surface area contributed by atoms with Crippen LogP contribution in [0.4, 0.5) is 5.69 Å². The molecule has 0 saturated carbocycles. The number of carbonyl (C=O) groups is 1. The second-order valence-corrected chi connectivity index (χ2v) is 9.12. The van der Waals surface area contributed by atoms with Crippen molar-refractivity contribution < 1.29 is 9.90 Å². The molecule has 8 heteroatoms. The van der Waals surface area contributed by atoms with Gasteiger partial charge in [0.05, 0.1) is 0 Å². The van der Waals surface area contributed by atoms with Crippen LogP contribution in [0.1, 0.15) is 12.0 Å². The summed E-state index contributed by atoms with van der Waals surface area (Å²) in [6.07, 6.45) is 0.744. The molecule has 2 fully saturated rings. The summed E-state index contributed by atoms with van der Waals surface area (Å²) < 4.78 is 4.68. The molecule has 1 aromatic rings. The minimum atomic E-state index is -1.75. The quantitative estimate of drug-likeness (QED) is 0.449. The largest absolute Gasteiger partial charge is 0.481 e. The zero-order chi connectivity index (χ0) is 14.2. The van der Waals surface area contributed by atoms with Crippen LogP contribution in [-0.4, -0.2) is 76.2 Å². The Hall–Kier alpha value is 0.0600. The van der Waals surface area contributed by atoms with Gasteiger partial charge in [-0.15, -0.1) is 0 Å². The van der Waals surface area contributed by atoms with Crippen LogP contribution >= 0.6 is 6.49 Å². The van der Waals surface area contributed by atoms with Gasteiger partial charge in [0.25, 0.3) is 0 Å². The summed E-state index contributed by atoms with van der Waals surface area (Å²) in [5.74, 6) is -0.759. The van der Waals surface area contributed by atoms with Crippen molar-refractivity contribution in [2.45, 2.75) is 12.8 Å². The maximum absolute atomic E-state index is 10.6. The Labute approximate surface area is 152 Å². The van der Waals surface area contributed by atoms with Crippen molar-refractivity contribution >= 4 is 59.5 Å². The van der Waals surface area contributed by atoms with Crippen molar-refractivity contribution in [3.8, 4) is 0 Å². The maximum atomic E-state index is 10.6. The molecule has 0 unspecified atom stereocenters. The third-order valence-corrected chi connectivity index (χ3v) is 8.01. The summed E-state index contributed by atoms with van der Waals surface area (Å²) in [4.78, 5) is 10.6. The first-order valence-corrected chi connectivity index (χ1v) is 9.49. The molecular weight excluding hydrogens is 316 g/mol. The number of carboxylic acid groups (broad SMARTS) is 1. The van der Waals surface area contributed by atoms with Gasteiger partial charge in [0.15, 0.2) is 6.49 Å². The van der Waals surface area contributed by atoms with E-state index in [9.17, 15) is 4.79 Å². The molecule has 0 atom stereocenters. The number of benzene rings is 1. The summed E-state index contributed by atoms with van der Waals surface area (Å²) in [5, 5.41) is 12.2. The van der Waals surface area contributed by atoms with E-state index in [2.05, 4.69) is 14.4 Å². The van der Waals surface area contributed by atoms with E-state index < -0.39 is 12.5 Å². The molecule has 0 bridgehead atoms. The first-order chi connectivity index (χ1) is 9.58. The molecule has 2 N–H and O–H groups in total. The van der Waals surface area contributed by atoms with Crippen molar-refractivity contribution in [2.24, 2.45) is 0 Å². The van der Waals surface area contributed by atoms with Crippen LogP contribution < -0.4 is 5.09 Å². The average Bonchev–Trinajstić information content (AvgIpc) is 3.30. The number of nitrogens with zero attached hydrogens (tertiary/aromatic N) is 2. The van der Waals surface area contributed by atoms with E-state index >= 15 is 0 Å². The second-order valence-electron chi connectivity index (χ2n) is 5.15. The Bertz CT molecular complexity index is 545. The normalized spacial score (nSPS) is 17.9. The summed E-state index contributed by atoms with van der Waals surface area (Å²) in [5.41, 5.74) is 2.08. The van der Waals surface area contributed by atoms with Gasteiger partial charge in [-0.05, 0) is 35.9 Å². The summed E-state index contributed by atoms with van der Waals surface area (Å²) >= 11 is 5.85. The third-order valence-electron chi connectivity index (χ3n) is 3.47. The minimum absolute atomic E-state index is 0. The van der Waals surface area contributed by atoms with Crippen LogP contribution in [0.15, 0.2) is 24.3 Å². The fraction of sp³-hybridized carbons (Fsp3) is 0.462. The van der Waals surface area contributed by atoms with E-state index in [1.54, 1.807) is 0 Å². The number of carboxylic acids is 1. The molecule has 0 aromatic heterocycles. The van der Waals surface area contributed by atoms with Crippen molar-refractivity contribution in [1.29, 1.82) is 0 Å². The SMILES string of the molecule is O=C(O)CCc1ccc(NP(=S)(N2CC2)N2CC2)cc1.[Na]. The molecule has 0 spiro atoms. The van der Waals surface area contributed by atoms with E-state index in [1.165, 1.54) is 0 Å². The molecule has 3 rings (SSSR count). The van der Waals surface area contributed by atoms with E-state index in [0.29, 0.717) is 6.42 Å². The Morgan fingerprint density at radius 3 is 2.14 bits per heavy atom. The van der Waals surface area contributed by atoms with Gasteiger partial charge in [-0.2, -0.15) is 0 Å². The molecule has 2 saturated heterocycles. The van der Waals surface area contributed by atoms with Crippen molar-refractivity contribution in [3.63, 3.8) is 0 Å². The van der Waals surface area contributed by atoms with Gasteiger partial charge < -0.3 is 10.2 Å². The molecule has 2 aliphatic rings. The average molecular weight is 334 g/mol. The molecule has 0 amide bonds. The van der Waals surface area contributed by atoms with Crippen LogP contribution in [0, 0.1) is 0 Å². The fourth-order valence-electron chi connectivity index (χ4n) is 2.12. The molecule has 2 heterocycles. The monoisotopic (exact) mass is 334 g/mol. The molecule has 1 aromatic carbocycles. The van der Waals surface area contributed by atoms with Crippen LogP contribution in [0.25, 0.3) is 0 Å². The van der Waals surface area contributed by atoms with Gasteiger partial charge in [0, 0.05) is 67.8 Å². The van der Waals surface area contributed by atoms with Gasteiger partial charge in [0.2, 0.25) is 0 Å². The third kappa shape index (κ3) is 4.52. The van der Waals surface area contributed by atoms with E-state index in [0.717, 1.165) is 37.4 Å². The molecular formula is C13H18N3NaO2PS. The number of hydrogen-bond acceptors (Lipinski definition) is 2. The molecule has 1 radical (unpaired) electrons.